The van der Waals surface area contributed by atoms with Gasteiger partial charge in [0.15, 0.2) is 0 Å². The van der Waals surface area contributed by atoms with Crippen LogP contribution >= 0.6 is 0 Å². The molecule has 0 amide bonds. The largest absolute Gasteiger partial charge is 0.392 e. The van der Waals surface area contributed by atoms with Crippen molar-refractivity contribution >= 4 is 10.0 Å². The van der Waals surface area contributed by atoms with Crippen LogP contribution in [0.4, 0.5) is 0 Å². The summed E-state index contributed by atoms with van der Waals surface area (Å²) in [5.74, 6) is 1.20. The molecule has 1 aliphatic rings. The van der Waals surface area contributed by atoms with Crippen molar-refractivity contribution in [2.45, 2.75) is 50.7 Å². The summed E-state index contributed by atoms with van der Waals surface area (Å²) in [4.78, 5) is 0.232. The molecular formula is C15H23NO3S. The molecule has 0 aliphatic heterocycles. The second-order valence-electron chi connectivity index (χ2n) is 5.89. The SMILES string of the molecule is CC1CCC(NS(=O)(=O)c2cccc(CO)c2)CC1C. The Morgan fingerprint density at radius 1 is 1.25 bits per heavy atom. The molecule has 5 heteroatoms. The maximum Gasteiger partial charge on any atom is 0.240 e. The molecule has 3 unspecified atom stereocenters. The third kappa shape index (κ3) is 3.59. The molecule has 0 aromatic heterocycles. The molecule has 1 fully saturated rings. The number of aliphatic hydroxyl groups is 1. The van der Waals surface area contributed by atoms with E-state index in [9.17, 15) is 8.42 Å². The van der Waals surface area contributed by atoms with Gasteiger partial charge in [0.1, 0.15) is 0 Å². The van der Waals surface area contributed by atoms with Gasteiger partial charge in [-0.25, -0.2) is 13.1 Å². The van der Waals surface area contributed by atoms with Gasteiger partial charge in [0.2, 0.25) is 10.0 Å². The Balaban J connectivity index is 2.11. The molecule has 0 saturated heterocycles. The Kier molecular flexibility index (Phi) is 4.83. The highest BCUT2D eigenvalue weighted by molar-refractivity contribution is 7.89. The van der Waals surface area contributed by atoms with Gasteiger partial charge in [-0.2, -0.15) is 0 Å². The zero-order valence-electron chi connectivity index (χ0n) is 12.0. The van der Waals surface area contributed by atoms with E-state index in [1.807, 2.05) is 0 Å². The van der Waals surface area contributed by atoms with Gasteiger partial charge >= 0.3 is 0 Å². The van der Waals surface area contributed by atoms with Crippen LogP contribution in [0.2, 0.25) is 0 Å². The molecule has 1 saturated carbocycles. The normalized spacial score (nSPS) is 27.4. The average Bonchev–Trinajstić information content (AvgIpc) is 2.43. The first-order chi connectivity index (χ1) is 9.42. The van der Waals surface area contributed by atoms with Gasteiger partial charge in [-0.15, -0.1) is 0 Å². The van der Waals surface area contributed by atoms with Crippen molar-refractivity contribution in [1.29, 1.82) is 0 Å². The highest BCUT2D eigenvalue weighted by Crippen LogP contribution is 2.30. The predicted octanol–water partition coefficient (Wildman–Crippen LogP) is 2.28. The van der Waals surface area contributed by atoms with E-state index in [4.69, 9.17) is 5.11 Å². The summed E-state index contributed by atoms with van der Waals surface area (Å²) in [7, 11) is -3.49. The maximum atomic E-state index is 12.4. The Morgan fingerprint density at radius 2 is 2.00 bits per heavy atom. The zero-order valence-corrected chi connectivity index (χ0v) is 12.9. The molecule has 0 bridgehead atoms. The summed E-state index contributed by atoms with van der Waals surface area (Å²) in [6, 6.07) is 6.48. The Bertz CT molecular complexity index is 556. The predicted molar refractivity (Wildman–Crippen MR) is 78.7 cm³/mol. The monoisotopic (exact) mass is 297 g/mol. The van der Waals surface area contributed by atoms with Crippen LogP contribution in [-0.2, 0) is 16.6 Å². The van der Waals surface area contributed by atoms with Gasteiger partial charge in [-0.05, 0) is 48.8 Å². The lowest BCUT2D eigenvalue weighted by Gasteiger charge is -2.32. The van der Waals surface area contributed by atoms with E-state index < -0.39 is 10.0 Å². The standard InChI is InChI=1S/C15H23NO3S/c1-11-6-7-14(8-12(11)2)16-20(18,19)15-5-3-4-13(9-15)10-17/h3-5,9,11-12,14,16-17H,6-8,10H2,1-2H3. The summed E-state index contributed by atoms with van der Waals surface area (Å²) in [5.41, 5.74) is 0.610. The van der Waals surface area contributed by atoms with Gasteiger partial charge in [-0.1, -0.05) is 26.0 Å². The number of nitrogens with one attached hydrogen (secondary N) is 1. The molecule has 0 radical (unpaired) electrons. The highest BCUT2D eigenvalue weighted by Gasteiger charge is 2.28. The van der Waals surface area contributed by atoms with Crippen molar-refractivity contribution in [2.75, 3.05) is 0 Å². The first-order valence-corrected chi connectivity index (χ1v) is 8.63. The minimum absolute atomic E-state index is 0.0176. The minimum Gasteiger partial charge on any atom is -0.392 e. The van der Waals surface area contributed by atoms with Crippen LogP contribution in [0.5, 0.6) is 0 Å². The smallest absolute Gasteiger partial charge is 0.240 e. The molecule has 2 N–H and O–H groups in total. The van der Waals surface area contributed by atoms with Crippen molar-refractivity contribution in [3.8, 4) is 0 Å². The zero-order chi connectivity index (χ0) is 14.8. The Morgan fingerprint density at radius 3 is 2.65 bits per heavy atom. The van der Waals surface area contributed by atoms with Gasteiger partial charge in [0.25, 0.3) is 0 Å². The van der Waals surface area contributed by atoms with Crippen LogP contribution in [0.3, 0.4) is 0 Å². The molecule has 2 rings (SSSR count). The Labute approximate surface area is 121 Å². The van der Waals surface area contributed by atoms with E-state index in [2.05, 4.69) is 18.6 Å². The first-order valence-electron chi connectivity index (χ1n) is 7.14. The lowest BCUT2D eigenvalue weighted by molar-refractivity contribution is 0.242. The van der Waals surface area contributed by atoms with Crippen molar-refractivity contribution in [1.82, 2.24) is 4.72 Å². The average molecular weight is 297 g/mol. The van der Waals surface area contributed by atoms with E-state index in [-0.39, 0.29) is 17.5 Å². The molecule has 1 aromatic rings. The van der Waals surface area contributed by atoms with Crippen molar-refractivity contribution in [3.63, 3.8) is 0 Å². The van der Waals surface area contributed by atoms with Crippen LogP contribution in [-0.4, -0.2) is 19.6 Å². The fourth-order valence-electron chi connectivity index (χ4n) is 2.75. The second-order valence-corrected chi connectivity index (χ2v) is 7.61. The summed E-state index contributed by atoms with van der Waals surface area (Å²) in [5, 5.41) is 9.10. The van der Waals surface area contributed by atoms with E-state index in [1.54, 1.807) is 18.2 Å². The quantitative estimate of drug-likeness (QED) is 0.896. The van der Waals surface area contributed by atoms with E-state index >= 15 is 0 Å². The van der Waals surface area contributed by atoms with E-state index in [0.717, 1.165) is 19.3 Å². The fourth-order valence-corrected chi connectivity index (χ4v) is 4.11. The van der Waals surface area contributed by atoms with Crippen LogP contribution < -0.4 is 4.72 Å². The van der Waals surface area contributed by atoms with E-state index in [1.165, 1.54) is 6.07 Å². The van der Waals surface area contributed by atoms with Crippen molar-refractivity contribution < 1.29 is 13.5 Å². The van der Waals surface area contributed by atoms with Gasteiger partial charge < -0.3 is 5.11 Å². The van der Waals surface area contributed by atoms with Gasteiger partial charge in [0, 0.05) is 6.04 Å². The number of hydrogen-bond donors (Lipinski definition) is 2. The minimum atomic E-state index is -3.49. The molecule has 1 aliphatic carbocycles. The molecule has 3 atom stereocenters. The Hall–Kier alpha value is -0.910. The van der Waals surface area contributed by atoms with Gasteiger partial charge in [0.05, 0.1) is 11.5 Å². The number of hydrogen-bond acceptors (Lipinski definition) is 3. The number of benzene rings is 1. The third-order valence-corrected chi connectivity index (χ3v) is 5.83. The molecule has 1 aromatic carbocycles. The van der Waals surface area contributed by atoms with E-state index in [0.29, 0.717) is 17.4 Å². The molecule has 112 valence electrons. The number of rotatable bonds is 4. The first kappa shape index (κ1) is 15.5. The summed E-state index contributed by atoms with van der Waals surface area (Å²) in [6.45, 7) is 4.25. The second kappa shape index (κ2) is 6.24. The van der Waals surface area contributed by atoms with Gasteiger partial charge in [-0.3, -0.25) is 0 Å². The summed E-state index contributed by atoms with van der Waals surface area (Å²) < 4.78 is 27.5. The molecule has 0 heterocycles. The molecular weight excluding hydrogens is 274 g/mol. The lowest BCUT2D eigenvalue weighted by Crippen LogP contribution is -2.39. The van der Waals surface area contributed by atoms with Crippen LogP contribution in [0, 0.1) is 11.8 Å². The third-order valence-electron chi connectivity index (χ3n) is 4.31. The topological polar surface area (TPSA) is 66.4 Å². The van der Waals surface area contributed by atoms with Crippen LogP contribution in [0.25, 0.3) is 0 Å². The number of aliphatic hydroxyl groups excluding tert-OH is 1. The van der Waals surface area contributed by atoms with Crippen molar-refractivity contribution in [2.24, 2.45) is 11.8 Å². The maximum absolute atomic E-state index is 12.4. The highest BCUT2D eigenvalue weighted by atomic mass is 32.2. The van der Waals surface area contributed by atoms with Crippen molar-refractivity contribution in [3.05, 3.63) is 29.8 Å². The molecule has 20 heavy (non-hydrogen) atoms. The summed E-state index contributed by atoms with van der Waals surface area (Å²) in [6.07, 6.45) is 2.84. The van der Waals surface area contributed by atoms with Crippen LogP contribution in [0.15, 0.2) is 29.2 Å². The molecule has 0 spiro atoms. The number of sulfonamides is 1. The lowest BCUT2D eigenvalue weighted by atomic mass is 9.79. The summed E-state index contributed by atoms with van der Waals surface area (Å²) >= 11 is 0. The molecule has 4 nitrogen and oxygen atoms in total. The fraction of sp³-hybridized carbons (Fsp3) is 0.600. The van der Waals surface area contributed by atoms with Crippen LogP contribution in [0.1, 0.15) is 38.7 Å².